The number of likely N-dealkylation sites (tertiary alicyclic amines) is 2. The molecule has 1 amide bonds. The summed E-state index contributed by atoms with van der Waals surface area (Å²) in [5.41, 5.74) is 0.290. The smallest absolute Gasteiger partial charge is 0.274 e. The monoisotopic (exact) mass is 344 g/mol. The molecule has 0 aromatic carbocycles. The number of hydrogen-bond acceptors (Lipinski definition) is 5. The van der Waals surface area contributed by atoms with Crippen LogP contribution >= 0.6 is 0 Å². The van der Waals surface area contributed by atoms with Gasteiger partial charge < -0.3 is 4.90 Å². The molecule has 1 unspecified atom stereocenters. The quantitative estimate of drug-likeness (QED) is 0.883. The molecule has 0 bridgehead atoms. The molecule has 2 aromatic heterocycles. The molecule has 25 heavy (non-hydrogen) atoms. The fraction of sp³-hybridized carbons (Fsp3) is 0.647. The lowest BCUT2D eigenvalue weighted by molar-refractivity contribution is -0.147. The van der Waals surface area contributed by atoms with Crippen molar-refractivity contribution >= 4 is 11.7 Å². The first-order valence-electron chi connectivity index (χ1n) is 8.94. The van der Waals surface area contributed by atoms with Crippen molar-refractivity contribution in [1.29, 1.82) is 0 Å². The zero-order valence-corrected chi connectivity index (χ0v) is 14.7. The largest absolute Gasteiger partial charge is 0.340 e. The zero-order chi connectivity index (χ0) is 17.6. The summed E-state index contributed by atoms with van der Waals surface area (Å²) in [4.78, 5) is 37.8. The maximum atomic E-state index is 13.0. The number of rotatable bonds is 3. The Balaban J connectivity index is 1.52. The van der Waals surface area contributed by atoms with Gasteiger partial charge >= 0.3 is 0 Å². The van der Waals surface area contributed by atoms with Crippen LogP contribution < -0.4 is 5.56 Å². The molecule has 2 saturated heterocycles. The van der Waals surface area contributed by atoms with Gasteiger partial charge in [-0.15, -0.1) is 0 Å². The summed E-state index contributed by atoms with van der Waals surface area (Å²) >= 11 is 0. The van der Waals surface area contributed by atoms with Gasteiger partial charge in [0.05, 0.1) is 11.1 Å². The normalized spacial score (nSPS) is 24.9. The highest BCUT2D eigenvalue weighted by Gasteiger charge is 2.48. The van der Waals surface area contributed by atoms with Crippen molar-refractivity contribution in [3.05, 3.63) is 28.4 Å². The second-order valence-electron chi connectivity index (χ2n) is 7.55. The van der Waals surface area contributed by atoms with E-state index in [0.717, 1.165) is 38.9 Å². The summed E-state index contributed by atoms with van der Waals surface area (Å²) in [5, 5.41) is 2.74. The van der Waals surface area contributed by atoms with E-state index >= 15 is 0 Å². The third-order valence-electron chi connectivity index (χ3n) is 5.53. The molecule has 1 atom stereocenters. The molecule has 0 radical (unpaired) electrons. The number of H-pyrrole nitrogens is 1. The Morgan fingerprint density at radius 2 is 2.12 bits per heavy atom. The van der Waals surface area contributed by atoms with E-state index in [2.05, 4.69) is 33.8 Å². The van der Waals surface area contributed by atoms with E-state index in [1.807, 2.05) is 4.90 Å². The topological polar surface area (TPSA) is 86.6 Å². The van der Waals surface area contributed by atoms with Crippen molar-refractivity contribution in [3.63, 3.8) is 0 Å². The number of hydrogen-bond donors (Lipinski definition) is 1. The van der Waals surface area contributed by atoms with Crippen LogP contribution in [0.4, 0.5) is 0 Å². The lowest BCUT2D eigenvalue weighted by atomic mass is 9.78. The summed E-state index contributed by atoms with van der Waals surface area (Å²) in [7, 11) is 0. The Morgan fingerprint density at radius 3 is 2.92 bits per heavy atom. The Kier molecular flexibility index (Phi) is 3.87. The van der Waals surface area contributed by atoms with Gasteiger partial charge in [-0.2, -0.15) is 4.52 Å². The SMILES string of the molecule is CC(C)N1CCCC2(CCN(Cc3cc(=O)n4[nH]cnc4n3)C2)C1=O. The van der Waals surface area contributed by atoms with Crippen LogP contribution in [-0.4, -0.2) is 61.0 Å². The molecule has 8 heteroatoms. The van der Waals surface area contributed by atoms with Crippen LogP contribution in [0.15, 0.2) is 17.2 Å². The van der Waals surface area contributed by atoms with Crippen LogP contribution in [0, 0.1) is 5.41 Å². The fourth-order valence-corrected chi connectivity index (χ4v) is 4.24. The van der Waals surface area contributed by atoms with Crippen LogP contribution in [0.5, 0.6) is 0 Å². The highest BCUT2D eigenvalue weighted by molar-refractivity contribution is 5.84. The van der Waals surface area contributed by atoms with E-state index in [0.29, 0.717) is 23.9 Å². The zero-order valence-electron chi connectivity index (χ0n) is 14.7. The van der Waals surface area contributed by atoms with Crippen molar-refractivity contribution in [2.45, 2.75) is 45.7 Å². The molecule has 1 spiro atoms. The lowest BCUT2D eigenvalue weighted by Gasteiger charge is -2.41. The van der Waals surface area contributed by atoms with E-state index in [4.69, 9.17) is 0 Å². The van der Waals surface area contributed by atoms with Gasteiger partial charge in [0.1, 0.15) is 6.33 Å². The van der Waals surface area contributed by atoms with Crippen molar-refractivity contribution in [2.24, 2.45) is 5.41 Å². The Labute approximate surface area is 145 Å². The molecule has 2 fully saturated rings. The first kappa shape index (κ1) is 16.3. The molecule has 4 rings (SSSR count). The number of piperidine rings is 1. The van der Waals surface area contributed by atoms with Crippen LogP contribution in [0.3, 0.4) is 0 Å². The van der Waals surface area contributed by atoms with E-state index in [9.17, 15) is 9.59 Å². The summed E-state index contributed by atoms with van der Waals surface area (Å²) < 4.78 is 1.32. The average molecular weight is 344 g/mol. The minimum absolute atomic E-state index is 0.161. The molecule has 134 valence electrons. The Hall–Kier alpha value is -2.22. The number of aromatic nitrogens is 4. The Bertz CT molecular complexity index is 856. The van der Waals surface area contributed by atoms with E-state index in [-0.39, 0.29) is 17.0 Å². The molecule has 2 aliphatic heterocycles. The number of nitrogens with zero attached hydrogens (tertiary/aromatic N) is 5. The van der Waals surface area contributed by atoms with Gasteiger partial charge in [-0.25, -0.2) is 9.97 Å². The van der Waals surface area contributed by atoms with Crippen molar-refractivity contribution in [2.75, 3.05) is 19.6 Å². The molecule has 4 heterocycles. The highest BCUT2D eigenvalue weighted by atomic mass is 16.2. The summed E-state index contributed by atoms with van der Waals surface area (Å²) in [6.07, 6.45) is 4.37. The van der Waals surface area contributed by atoms with Gasteiger partial charge in [0, 0.05) is 31.7 Å². The van der Waals surface area contributed by atoms with E-state index in [1.54, 1.807) is 6.07 Å². The maximum absolute atomic E-state index is 13.0. The minimum Gasteiger partial charge on any atom is -0.340 e. The number of fused-ring (bicyclic) bond motifs is 1. The standard InChI is InChI=1S/C17H24N6O2/c1-12(2)22-6-3-4-17(15(22)25)5-7-21(10-17)9-13-8-14(24)23-16(20-13)18-11-19-23/h8,11-12H,3-7,9-10H2,1-2H3,(H,18,19,20). The van der Waals surface area contributed by atoms with Gasteiger partial charge in [0.25, 0.3) is 11.3 Å². The van der Waals surface area contributed by atoms with Crippen molar-refractivity contribution in [3.8, 4) is 0 Å². The van der Waals surface area contributed by atoms with Gasteiger partial charge in [0.2, 0.25) is 5.91 Å². The first-order valence-corrected chi connectivity index (χ1v) is 8.94. The maximum Gasteiger partial charge on any atom is 0.274 e. The summed E-state index contributed by atoms with van der Waals surface area (Å²) in [6.45, 7) is 7.22. The molecule has 8 nitrogen and oxygen atoms in total. The number of carbonyl (C=O) groups excluding carboxylic acids is 1. The Morgan fingerprint density at radius 1 is 1.28 bits per heavy atom. The predicted octanol–water partition coefficient (Wildman–Crippen LogP) is 0.641. The van der Waals surface area contributed by atoms with Crippen LogP contribution in [0.2, 0.25) is 0 Å². The minimum atomic E-state index is -0.256. The van der Waals surface area contributed by atoms with E-state index in [1.165, 1.54) is 10.8 Å². The third-order valence-corrected chi connectivity index (χ3v) is 5.53. The van der Waals surface area contributed by atoms with Crippen LogP contribution in [0.25, 0.3) is 5.78 Å². The molecule has 2 aliphatic rings. The van der Waals surface area contributed by atoms with Gasteiger partial charge in [-0.3, -0.25) is 19.6 Å². The predicted molar refractivity (Wildman–Crippen MR) is 92.0 cm³/mol. The molecule has 0 saturated carbocycles. The average Bonchev–Trinajstić information content (AvgIpc) is 3.18. The van der Waals surface area contributed by atoms with Crippen molar-refractivity contribution < 1.29 is 4.79 Å². The molecular formula is C17H24N6O2. The lowest BCUT2D eigenvalue weighted by Crippen LogP contribution is -2.52. The molecular weight excluding hydrogens is 320 g/mol. The molecule has 0 aliphatic carbocycles. The molecule has 2 aromatic rings. The van der Waals surface area contributed by atoms with Crippen LogP contribution in [-0.2, 0) is 11.3 Å². The second-order valence-corrected chi connectivity index (χ2v) is 7.55. The highest BCUT2D eigenvalue weighted by Crippen LogP contribution is 2.40. The number of carbonyl (C=O) groups is 1. The van der Waals surface area contributed by atoms with E-state index < -0.39 is 0 Å². The number of nitrogens with one attached hydrogen (secondary N) is 1. The van der Waals surface area contributed by atoms with Gasteiger partial charge in [-0.05, 0) is 39.7 Å². The second kappa shape index (κ2) is 5.94. The number of amides is 1. The van der Waals surface area contributed by atoms with Crippen molar-refractivity contribution in [1.82, 2.24) is 29.4 Å². The summed E-state index contributed by atoms with van der Waals surface area (Å²) in [6, 6.07) is 1.79. The summed E-state index contributed by atoms with van der Waals surface area (Å²) in [5.74, 6) is 0.683. The van der Waals surface area contributed by atoms with Crippen LogP contribution in [0.1, 0.15) is 38.8 Å². The van der Waals surface area contributed by atoms with Gasteiger partial charge in [0.15, 0.2) is 0 Å². The third kappa shape index (κ3) is 2.74. The van der Waals surface area contributed by atoms with Gasteiger partial charge in [-0.1, -0.05) is 0 Å². The first-order chi connectivity index (χ1) is 12.0. The number of aromatic amines is 1. The fourth-order valence-electron chi connectivity index (χ4n) is 4.24. The molecule has 1 N–H and O–H groups in total.